The smallest absolute Gasteiger partial charge is 0.293 e. The van der Waals surface area contributed by atoms with Crippen LogP contribution in [-0.2, 0) is 11.4 Å². The molecular weight excluding hydrogens is 402 g/mol. The molecule has 0 N–H and O–H groups in total. The summed E-state index contributed by atoms with van der Waals surface area (Å²) in [6.45, 7) is 2.47. The van der Waals surface area contributed by atoms with Crippen molar-refractivity contribution in [3.05, 3.63) is 68.5 Å². The third-order valence-corrected chi connectivity index (χ3v) is 5.18. The van der Waals surface area contributed by atoms with Crippen LogP contribution in [0.5, 0.6) is 5.75 Å². The number of rotatable bonds is 4. The molecule has 2 aromatic rings. The zero-order valence-corrected chi connectivity index (χ0v) is 16.2. The SMILES string of the molecule is Cc1cccc(COc2ccc(Br)cc2/C=C2\SC(=O)N(C)C2=O)c1. The van der Waals surface area contributed by atoms with Crippen molar-refractivity contribution in [3.63, 3.8) is 0 Å². The van der Waals surface area contributed by atoms with Crippen molar-refractivity contribution in [2.24, 2.45) is 0 Å². The summed E-state index contributed by atoms with van der Waals surface area (Å²) in [5.74, 6) is 0.368. The maximum atomic E-state index is 12.1. The van der Waals surface area contributed by atoms with Crippen molar-refractivity contribution in [3.8, 4) is 5.75 Å². The van der Waals surface area contributed by atoms with E-state index in [9.17, 15) is 9.59 Å². The zero-order chi connectivity index (χ0) is 18.0. The van der Waals surface area contributed by atoms with E-state index in [0.29, 0.717) is 17.3 Å². The quantitative estimate of drug-likeness (QED) is 0.656. The van der Waals surface area contributed by atoms with Crippen LogP contribution in [0.3, 0.4) is 0 Å². The van der Waals surface area contributed by atoms with Gasteiger partial charge in [0, 0.05) is 17.1 Å². The molecule has 1 fully saturated rings. The summed E-state index contributed by atoms with van der Waals surface area (Å²) in [7, 11) is 1.48. The number of imide groups is 1. The lowest BCUT2D eigenvalue weighted by Gasteiger charge is -2.11. The van der Waals surface area contributed by atoms with Gasteiger partial charge in [-0.05, 0) is 48.5 Å². The standard InChI is InChI=1S/C19H16BrNO3S/c1-12-4-3-5-13(8-12)11-24-16-7-6-15(20)9-14(16)10-17-18(22)21(2)19(23)25-17/h3-10H,11H2,1-2H3/b17-10-. The molecule has 0 saturated carbocycles. The predicted octanol–water partition coefficient (Wildman–Crippen LogP) is 5.00. The highest BCUT2D eigenvalue weighted by Crippen LogP contribution is 2.34. The Morgan fingerprint density at radius 1 is 1.20 bits per heavy atom. The van der Waals surface area contributed by atoms with Gasteiger partial charge in [-0.3, -0.25) is 14.5 Å². The average Bonchev–Trinajstić information content (AvgIpc) is 2.81. The number of likely N-dealkylation sites (N-methyl/N-ethyl adjacent to an activating group) is 1. The molecule has 0 atom stereocenters. The number of hydrogen-bond acceptors (Lipinski definition) is 4. The lowest BCUT2D eigenvalue weighted by Crippen LogP contribution is -2.22. The van der Waals surface area contributed by atoms with Crippen LogP contribution in [-0.4, -0.2) is 23.1 Å². The first-order chi connectivity index (χ1) is 11.9. The molecular formula is C19H16BrNO3S. The molecule has 4 nitrogen and oxygen atoms in total. The maximum Gasteiger partial charge on any atom is 0.293 e. The van der Waals surface area contributed by atoms with Gasteiger partial charge in [0.25, 0.3) is 11.1 Å². The van der Waals surface area contributed by atoms with E-state index in [-0.39, 0.29) is 11.1 Å². The third kappa shape index (κ3) is 4.14. The molecule has 1 saturated heterocycles. The number of thioether (sulfide) groups is 1. The first-order valence-electron chi connectivity index (χ1n) is 7.63. The first-order valence-corrected chi connectivity index (χ1v) is 9.24. The molecule has 1 aliphatic heterocycles. The summed E-state index contributed by atoms with van der Waals surface area (Å²) >= 11 is 4.37. The van der Waals surface area contributed by atoms with Crippen molar-refractivity contribution in [1.82, 2.24) is 4.90 Å². The van der Waals surface area contributed by atoms with Crippen LogP contribution in [0.4, 0.5) is 4.79 Å². The molecule has 2 amide bonds. The van der Waals surface area contributed by atoms with E-state index in [2.05, 4.69) is 22.0 Å². The average molecular weight is 418 g/mol. The number of nitrogens with zero attached hydrogens (tertiary/aromatic N) is 1. The van der Waals surface area contributed by atoms with E-state index >= 15 is 0 Å². The van der Waals surface area contributed by atoms with Gasteiger partial charge >= 0.3 is 0 Å². The van der Waals surface area contributed by atoms with Gasteiger partial charge < -0.3 is 4.74 Å². The number of carbonyl (C=O) groups is 2. The highest BCUT2D eigenvalue weighted by atomic mass is 79.9. The van der Waals surface area contributed by atoms with Crippen LogP contribution < -0.4 is 4.74 Å². The highest BCUT2D eigenvalue weighted by Gasteiger charge is 2.32. The second-order valence-electron chi connectivity index (χ2n) is 5.70. The van der Waals surface area contributed by atoms with E-state index in [1.165, 1.54) is 12.6 Å². The van der Waals surface area contributed by atoms with Gasteiger partial charge in [0.15, 0.2) is 0 Å². The molecule has 6 heteroatoms. The van der Waals surface area contributed by atoms with Crippen LogP contribution >= 0.6 is 27.7 Å². The number of halogens is 1. The van der Waals surface area contributed by atoms with Gasteiger partial charge in [-0.25, -0.2) is 0 Å². The number of amides is 2. The van der Waals surface area contributed by atoms with Crippen LogP contribution in [0.1, 0.15) is 16.7 Å². The van der Waals surface area contributed by atoms with Crippen molar-refractivity contribution < 1.29 is 14.3 Å². The van der Waals surface area contributed by atoms with Crippen molar-refractivity contribution in [2.75, 3.05) is 7.05 Å². The molecule has 0 bridgehead atoms. The van der Waals surface area contributed by atoms with Crippen LogP contribution in [0.2, 0.25) is 0 Å². The number of carbonyl (C=O) groups excluding carboxylic acids is 2. The minimum atomic E-state index is -0.292. The Kier molecular flexibility index (Phi) is 5.30. The topological polar surface area (TPSA) is 46.6 Å². The predicted molar refractivity (Wildman–Crippen MR) is 103 cm³/mol. The van der Waals surface area contributed by atoms with Gasteiger partial charge in [-0.15, -0.1) is 0 Å². The number of ether oxygens (including phenoxy) is 1. The lowest BCUT2D eigenvalue weighted by atomic mass is 10.1. The van der Waals surface area contributed by atoms with Gasteiger partial charge in [-0.2, -0.15) is 0 Å². The minimum absolute atomic E-state index is 0.270. The van der Waals surface area contributed by atoms with E-state index in [1.807, 2.05) is 43.3 Å². The molecule has 3 rings (SSSR count). The summed E-state index contributed by atoms with van der Waals surface area (Å²) < 4.78 is 6.82. The molecule has 128 valence electrons. The number of benzene rings is 2. The van der Waals surface area contributed by atoms with E-state index in [1.54, 1.807) is 6.08 Å². The van der Waals surface area contributed by atoms with E-state index < -0.39 is 0 Å². The minimum Gasteiger partial charge on any atom is -0.488 e. The maximum absolute atomic E-state index is 12.1. The monoisotopic (exact) mass is 417 g/mol. The molecule has 0 unspecified atom stereocenters. The normalized spacial score (nSPS) is 16.0. The summed E-state index contributed by atoms with van der Waals surface area (Å²) in [6, 6.07) is 13.7. The molecule has 1 heterocycles. The Bertz CT molecular complexity index is 879. The molecule has 0 aromatic heterocycles. The Hall–Kier alpha value is -2.05. The fourth-order valence-electron chi connectivity index (χ4n) is 2.41. The largest absolute Gasteiger partial charge is 0.488 e. The Balaban J connectivity index is 1.86. The van der Waals surface area contributed by atoms with Crippen molar-refractivity contribution >= 4 is 44.9 Å². The Morgan fingerprint density at radius 2 is 2.00 bits per heavy atom. The van der Waals surface area contributed by atoms with Gasteiger partial charge in [0.1, 0.15) is 12.4 Å². The van der Waals surface area contributed by atoms with E-state index in [4.69, 9.17) is 4.74 Å². The van der Waals surface area contributed by atoms with E-state index in [0.717, 1.165) is 32.3 Å². The third-order valence-electron chi connectivity index (χ3n) is 3.72. The van der Waals surface area contributed by atoms with Gasteiger partial charge in [0.05, 0.1) is 4.91 Å². The highest BCUT2D eigenvalue weighted by molar-refractivity contribution is 9.10. The number of aryl methyl sites for hydroxylation is 1. The first kappa shape index (κ1) is 17.8. The van der Waals surface area contributed by atoms with Gasteiger partial charge in [0.2, 0.25) is 0 Å². The van der Waals surface area contributed by atoms with Crippen molar-refractivity contribution in [1.29, 1.82) is 0 Å². The fourth-order valence-corrected chi connectivity index (χ4v) is 3.61. The van der Waals surface area contributed by atoms with Gasteiger partial charge in [-0.1, -0.05) is 45.8 Å². The second kappa shape index (κ2) is 7.45. The number of hydrogen-bond donors (Lipinski definition) is 0. The molecule has 25 heavy (non-hydrogen) atoms. The summed E-state index contributed by atoms with van der Waals surface area (Å²) in [4.78, 5) is 25.3. The molecule has 0 spiro atoms. The summed E-state index contributed by atoms with van der Waals surface area (Å²) in [5.41, 5.74) is 3.00. The van der Waals surface area contributed by atoms with Crippen LogP contribution in [0.15, 0.2) is 51.8 Å². The van der Waals surface area contributed by atoms with Crippen LogP contribution in [0.25, 0.3) is 6.08 Å². The molecule has 2 aromatic carbocycles. The molecule has 0 radical (unpaired) electrons. The second-order valence-corrected chi connectivity index (χ2v) is 7.61. The Morgan fingerprint density at radius 3 is 2.68 bits per heavy atom. The summed E-state index contributed by atoms with van der Waals surface area (Å²) in [6.07, 6.45) is 1.70. The lowest BCUT2D eigenvalue weighted by molar-refractivity contribution is -0.121. The zero-order valence-electron chi connectivity index (χ0n) is 13.8. The fraction of sp³-hybridized carbons (Fsp3) is 0.158. The molecule has 1 aliphatic rings. The molecule has 0 aliphatic carbocycles. The van der Waals surface area contributed by atoms with Crippen molar-refractivity contribution in [2.45, 2.75) is 13.5 Å². The summed E-state index contributed by atoms with van der Waals surface area (Å²) in [5, 5.41) is -0.270. The Labute approximate surface area is 159 Å². The van der Waals surface area contributed by atoms with Crippen LogP contribution in [0, 0.1) is 6.92 Å².